The number of likely N-dealkylation sites (tertiary alicyclic amines) is 1. The summed E-state index contributed by atoms with van der Waals surface area (Å²) in [5.41, 5.74) is 1.30. The Morgan fingerprint density at radius 2 is 2.16 bits per heavy atom. The molecule has 1 aromatic rings. The molecule has 3 heteroatoms. The largest absolute Gasteiger partial charge is 0.468 e. The molecule has 1 saturated heterocycles. The Morgan fingerprint density at radius 1 is 1.26 bits per heavy atom. The summed E-state index contributed by atoms with van der Waals surface area (Å²) in [6.45, 7) is 5.51. The van der Waals surface area contributed by atoms with Gasteiger partial charge in [-0.1, -0.05) is 12.8 Å². The molecule has 1 aliphatic heterocycles. The number of nitrogens with zero attached hydrogens (tertiary/aromatic N) is 1. The van der Waals surface area contributed by atoms with E-state index < -0.39 is 0 Å². The maximum absolute atomic E-state index is 5.73. The van der Waals surface area contributed by atoms with Crippen LogP contribution in [0.15, 0.2) is 16.7 Å². The van der Waals surface area contributed by atoms with Gasteiger partial charge in [0.15, 0.2) is 0 Å². The van der Waals surface area contributed by atoms with Crippen molar-refractivity contribution in [1.29, 1.82) is 0 Å². The van der Waals surface area contributed by atoms with Crippen molar-refractivity contribution in [3.8, 4) is 0 Å². The molecule has 19 heavy (non-hydrogen) atoms. The molecule has 1 atom stereocenters. The highest BCUT2D eigenvalue weighted by Gasteiger charge is 2.21. The van der Waals surface area contributed by atoms with Gasteiger partial charge in [0.1, 0.15) is 5.76 Å². The zero-order chi connectivity index (χ0) is 13.1. The molecule has 2 heterocycles. The minimum atomic E-state index is 0.695. The maximum Gasteiger partial charge on any atom is 0.118 e. The fourth-order valence-corrected chi connectivity index (χ4v) is 2.92. The third-order valence-electron chi connectivity index (χ3n) is 4.43. The molecule has 3 nitrogen and oxygen atoms in total. The van der Waals surface area contributed by atoms with E-state index >= 15 is 0 Å². The van der Waals surface area contributed by atoms with Gasteiger partial charge in [0.25, 0.3) is 0 Å². The van der Waals surface area contributed by atoms with E-state index in [1.807, 2.05) is 6.26 Å². The van der Waals surface area contributed by atoms with E-state index in [9.17, 15) is 0 Å². The van der Waals surface area contributed by atoms with E-state index in [0.717, 1.165) is 24.9 Å². The van der Waals surface area contributed by atoms with Crippen LogP contribution in [0.2, 0.25) is 0 Å². The molecule has 1 aromatic heterocycles. The summed E-state index contributed by atoms with van der Waals surface area (Å²) in [5.74, 6) is 1.13. The smallest absolute Gasteiger partial charge is 0.118 e. The summed E-state index contributed by atoms with van der Waals surface area (Å²) < 4.78 is 5.73. The van der Waals surface area contributed by atoms with Crippen LogP contribution in [0, 0.1) is 0 Å². The Balaban J connectivity index is 1.52. The lowest BCUT2D eigenvalue weighted by Crippen LogP contribution is -2.31. The number of nitrogens with one attached hydrogen (secondary N) is 1. The van der Waals surface area contributed by atoms with Crippen molar-refractivity contribution >= 4 is 0 Å². The molecule has 1 N–H and O–H groups in total. The van der Waals surface area contributed by atoms with Crippen molar-refractivity contribution in [1.82, 2.24) is 10.2 Å². The molecule has 0 radical (unpaired) electrons. The lowest BCUT2D eigenvalue weighted by atomic mass is 10.1. The predicted octanol–water partition coefficient (Wildman–Crippen LogP) is 3.30. The molecule has 1 unspecified atom stereocenters. The average molecular weight is 262 g/mol. The standard InChI is InChI=1S/C16H26N2O/c1-13-5-3-2-4-8-18(13)11-16-9-14(12-19-16)10-17-15-6-7-15/h9,12-13,15,17H,2-8,10-11H2,1H3. The minimum Gasteiger partial charge on any atom is -0.468 e. The van der Waals surface area contributed by atoms with Crippen molar-refractivity contribution in [2.45, 2.75) is 70.6 Å². The van der Waals surface area contributed by atoms with Gasteiger partial charge in [-0.3, -0.25) is 4.90 Å². The van der Waals surface area contributed by atoms with Crippen LogP contribution in [0.5, 0.6) is 0 Å². The molecule has 2 aliphatic rings. The Labute approximate surface area is 116 Å². The highest BCUT2D eigenvalue weighted by molar-refractivity contribution is 5.13. The van der Waals surface area contributed by atoms with E-state index in [4.69, 9.17) is 4.42 Å². The summed E-state index contributed by atoms with van der Waals surface area (Å²) in [6.07, 6.45) is 10.0. The Morgan fingerprint density at radius 3 is 3.00 bits per heavy atom. The van der Waals surface area contributed by atoms with E-state index in [1.165, 1.54) is 50.6 Å². The molecule has 2 fully saturated rings. The first-order valence-electron chi connectivity index (χ1n) is 7.85. The second-order valence-corrected chi connectivity index (χ2v) is 6.25. The first-order valence-corrected chi connectivity index (χ1v) is 7.85. The molecular formula is C16H26N2O. The van der Waals surface area contributed by atoms with E-state index in [0.29, 0.717) is 6.04 Å². The third-order valence-corrected chi connectivity index (χ3v) is 4.43. The van der Waals surface area contributed by atoms with Crippen molar-refractivity contribution in [3.63, 3.8) is 0 Å². The van der Waals surface area contributed by atoms with Crippen molar-refractivity contribution in [3.05, 3.63) is 23.7 Å². The second-order valence-electron chi connectivity index (χ2n) is 6.25. The topological polar surface area (TPSA) is 28.4 Å². The van der Waals surface area contributed by atoms with Crippen LogP contribution >= 0.6 is 0 Å². The second kappa shape index (κ2) is 6.10. The van der Waals surface area contributed by atoms with Crippen molar-refractivity contribution < 1.29 is 4.42 Å². The lowest BCUT2D eigenvalue weighted by Gasteiger charge is -2.25. The van der Waals surface area contributed by atoms with Crippen molar-refractivity contribution in [2.24, 2.45) is 0 Å². The molecule has 1 saturated carbocycles. The van der Waals surface area contributed by atoms with Crippen molar-refractivity contribution in [2.75, 3.05) is 6.54 Å². The summed E-state index contributed by atoms with van der Waals surface area (Å²) in [5, 5.41) is 3.54. The van der Waals surface area contributed by atoms with Gasteiger partial charge in [-0.15, -0.1) is 0 Å². The molecule has 0 amide bonds. The monoisotopic (exact) mass is 262 g/mol. The summed E-state index contributed by atoms with van der Waals surface area (Å²) in [6, 6.07) is 3.69. The summed E-state index contributed by atoms with van der Waals surface area (Å²) >= 11 is 0. The maximum atomic E-state index is 5.73. The van der Waals surface area contributed by atoms with Gasteiger partial charge < -0.3 is 9.73 Å². The van der Waals surface area contributed by atoms with Crippen LogP contribution in [-0.2, 0) is 13.1 Å². The molecule has 0 bridgehead atoms. The Kier molecular flexibility index (Phi) is 4.24. The quantitative estimate of drug-likeness (QED) is 0.882. The van der Waals surface area contributed by atoms with Gasteiger partial charge >= 0.3 is 0 Å². The molecule has 1 aliphatic carbocycles. The lowest BCUT2D eigenvalue weighted by molar-refractivity contribution is 0.189. The zero-order valence-corrected chi connectivity index (χ0v) is 12.0. The minimum absolute atomic E-state index is 0.695. The summed E-state index contributed by atoms with van der Waals surface area (Å²) in [4.78, 5) is 2.57. The number of hydrogen-bond acceptors (Lipinski definition) is 3. The molecule has 3 rings (SSSR count). The predicted molar refractivity (Wildman–Crippen MR) is 76.9 cm³/mol. The fourth-order valence-electron chi connectivity index (χ4n) is 2.92. The normalized spacial score (nSPS) is 25.4. The number of furan rings is 1. The molecular weight excluding hydrogens is 236 g/mol. The van der Waals surface area contributed by atoms with Gasteiger partial charge in [0.05, 0.1) is 12.8 Å². The van der Waals surface area contributed by atoms with Gasteiger partial charge in [0.2, 0.25) is 0 Å². The first-order chi connectivity index (χ1) is 9.31. The highest BCUT2D eigenvalue weighted by atomic mass is 16.3. The molecule has 0 spiro atoms. The van der Waals surface area contributed by atoms with E-state index in [2.05, 4.69) is 23.2 Å². The molecule has 106 valence electrons. The fraction of sp³-hybridized carbons (Fsp3) is 0.750. The van der Waals surface area contributed by atoms with E-state index in [1.54, 1.807) is 0 Å². The van der Waals surface area contributed by atoms with Crippen LogP contribution in [0.25, 0.3) is 0 Å². The van der Waals surface area contributed by atoms with E-state index in [-0.39, 0.29) is 0 Å². The van der Waals surface area contributed by atoms with Crippen LogP contribution in [-0.4, -0.2) is 23.5 Å². The molecule has 0 aromatic carbocycles. The van der Waals surface area contributed by atoms with Crippen LogP contribution in [0.1, 0.15) is 56.8 Å². The van der Waals surface area contributed by atoms with Gasteiger partial charge in [-0.2, -0.15) is 0 Å². The van der Waals surface area contributed by atoms with Gasteiger partial charge in [0, 0.05) is 24.2 Å². The third kappa shape index (κ3) is 3.83. The average Bonchev–Trinajstić information content (AvgIpc) is 3.16. The SMILES string of the molecule is CC1CCCCCN1Cc1cc(CNC2CC2)co1. The van der Waals surface area contributed by atoms with Crippen LogP contribution < -0.4 is 5.32 Å². The first kappa shape index (κ1) is 13.2. The summed E-state index contributed by atoms with van der Waals surface area (Å²) in [7, 11) is 0. The van der Waals surface area contributed by atoms with Crippen LogP contribution in [0.3, 0.4) is 0 Å². The van der Waals surface area contributed by atoms with Gasteiger partial charge in [-0.25, -0.2) is 0 Å². The zero-order valence-electron chi connectivity index (χ0n) is 12.0. The van der Waals surface area contributed by atoms with Gasteiger partial charge in [-0.05, 0) is 45.2 Å². The highest BCUT2D eigenvalue weighted by Crippen LogP contribution is 2.21. The Bertz CT molecular complexity index is 397. The Hall–Kier alpha value is -0.800. The van der Waals surface area contributed by atoms with Crippen LogP contribution in [0.4, 0.5) is 0 Å². The number of rotatable bonds is 5. The number of hydrogen-bond donors (Lipinski definition) is 1.